The predicted octanol–water partition coefficient (Wildman–Crippen LogP) is 7.79. The lowest BCUT2D eigenvalue weighted by atomic mass is 9.67. The molecule has 5 aromatic carbocycles. The van der Waals surface area contributed by atoms with Gasteiger partial charge in [-0.15, -0.1) is 0 Å². The van der Waals surface area contributed by atoms with E-state index < -0.39 is 11.5 Å². The third-order valence-electron chi connectivity index (χ3n) is 6.23. The summed E-state index contributed by atoms with van der Waals surface area (Å²) in [6, 6.07) is 33.6. The van der Waals surface area contributed by atoms with Gasteiger partial charge >= 0.3 is 0 Å². The summed E-state index contributed by atoms with van der Waals surface area (Å²) >= 11 is 0. The Balaban J connectivity index is 1.62. The van der Waals surface area contributed by atoms with Crippen molar-refractivity contribution in [2.45, 2.75) is 5.41 Å². The van der Waals surface area contributed by atoms with Crippen molar-refractivity contribution in [3.8, 4) is 11.1 Å². The van der Waals surface area contributed by atoms with Crippen LogP contribution in [0.1, 0.15) is 29.1 Å². The molecule has 0 saturated carbocycles. The largest absolute Gasteiger partial charge is 0.356 e. The van der Waals surface area contributed by atoms with Crippen molar-refractivity contribution in [1.29, 1.82) is 0 Å². The van der Waals surface area contributed by atoms with Crippen molar-refractivity contribution in [2.24, 2.45) is 0 Å². The highest BCUT2D eigenvalue weighted by atomic mass is 14.9. The highest BCUT2D eigenvalue weighted by Gasteiger charge is 2.45. The molecule has 0 amide bonds. The van der Waals surface area contributed by atoms with Crippen LogP contribution in [0.5, 0.6) is 0 Å². The van der Waals surface area contributed by atoms with E-state index in [9.17, 15) is 0 Å². The first-order valence-corrected chi connectivity index (χ1v) is 10.6. The molecule has 0 radical (unpaired) electrons. The minimum Gasteiger partial charge on any atom is -0.356 e. The maximum Gasteiger partial charge on any atom is 0.0714 e. The lowest BCUT2D eigenvalue weighted by Gasteiger charge is -2.34. The van der Waals surface area contributed by atoms with Gasteiger partial charge in [0, 0.05) is 11.4 Å². The maximum absolute atomic E-state index is 8.36. The molecule has 1 aliphatic carbocycles. The molecule has 32 heavy (non-hydrogen) atoms. The zero-order valence-corrected chi connectivity index (χ0v) is 17.3. The molecule has 0 heterocycles. The Kier molecular flexibility index (Phi) is 3.31. The average Bonchev–Trinajstić information content (AvgIpc) is 3.24. The summed E-state index contributed by atoms with van der Waals surface area (Å²) in [5, 5.41) is 3.15. The number of benzene rings is 5. The van der Waals surface area contributed by atoms with Crippen LogP contribution in [0.4, 0.5) is 11.4 Å². The Labute approximate surface area is 196 Å². The Morgan fingerprint density at radius 2 is 1.12 bits per heavy atom. The second kappa shape index (κ2) is 7.55. The highest BCUT2D eigenvalue weighted by Crippen LogP contribution is 2.56. The Hall–Kier alpha value is -4.10. The second-order valence-electron chi connectivity index (χ2n) is 7.91. The fourth-order valence-electron chi connectivity index (χ4n) is 4.98. The SMILES string of the molecule is [2H]c1c([2H])c([2H])c(Nc2ccc3c(c2)C(c2ccccc2)(c2ccccc2)c2ccccc2-3)c([2H])c1[2H]. The summed E-state index contributed by atoms with van der Waals surface area (Å²) < 4.78 is 40.7. The van der Waals surface area contributed by atoms with Crippen LogP contribution in [-0.4, -0.2) is 0 Å². The molecule has 0 unspecified atom stereocenters. The van der Waals surface area contributed by atoms with Crippen LogP contribution in [0.2, 0.25) is 0 Å². The van der Waals surface area contributed by atoms with Crippen LogP contribution >= 0.6 is 0 Å². The molecule has 152 valence electrons. The highest BCUT2D eigenvalue weighted by molar-refractivity contribution is 5.87. The number of anilines is 2. The van der Waals surface area contributed by atoms with Gasteiger partial charge in [0.25, 0.3) is 0 Å². The molecule has 0 aromatic heterocycles. The summed E-state index contributed by atoms with van der Waals surface area (Å²) in [4.78, 5) is 0. The average molecular weight is 415 g/mol. The standard InChI is InChI=1S/C31H23N/c1-4-12-23(13-5-1)31(24-14-6-2-7-15-24)29-19-11-10-18-27(29)28-21-20-26(22-30(28)31)32-25-16-8-3-9-17-25/h1-22,32H/i3D,8D,9D,16D,17D. The molecule has 0 spiro atoms. The van der Waals surface area contributed by atoms with Crippen molar-refractivity contribution in [3.63, 3.8) is 0 Å². The van der Waals surface area contributed by atoms with Gasteiger partial charge in [-0.1, -0.05) is 109 Å². The van der Waals surface area contributed by atoms with Crippen LogP contribution < -0.4 is 5.32 Å². The van der Waals surface area contributed by atoms with Crippen molar-refractivity contribution >= 4 is 11.4 Å². The Bertz CT molecular complexity index is 1580. The number of para-hydroxylation sites is 1. The fraction of sp³-hybridized carbons (Fsp3) is 0.0323. The lowest BCUT2D eigenvalue weighted by molar-refractivity contribution is 0.769. The second-order valence-corrected chi connectivity index (χ2v) is 7.91. The molecule has 0 aliphatic heterocycles. The van der Waals surface area contributed by atoms with Gasteiger partial charge in [0.15, 0.2) is 0 Å². The van der Waals surface area contributed by atoms with Crippen molar-refractivity contribution in [1.82, 2.24) is 0 Å². The van der Waals surface area contributed by atoms with Gasteiger partial charge in [-0.25, -0.2) is 0 Å². The maximum atomic E-state index is 8.36. The van der Waals surface area contributed by atoms with Crippen molar-refractivity contribution < 1.29 is 6.85 Å². The van der Waals surface area contributed by atoms with Crippen LogP contribution in [0.15, 0.2) is 133 Å². The molecule has 0 saturated heterocycles. The van der Waals surface area contributed by atoms with Crippen molar-refractivity contribution in [2.75, 3.05) is 5.32 Å². The molecule has 0 atom stereocenters. The normalized spacial score (nSPS) is 15.4. The molecule has 6 rings (SSSR count). The Morgan fingerprint density at radius 3 is 1.81 bits per heavy atom. The van der Waals surface area contributed by atoms with E-state index in [-0.39, 0.29) is 29.9 Å². The first kappa shape index (κ1) is 14.1. The molecule has 1 N–H and O–H groups in total. The molecular weight excluding hydrogens is 386 g/mol. The molecule has 0 bridgehead atoms. The molecule has 1 heteroatoms. The van der Waals surface area contributed by atoms with E-state index in [0.717, 1.165) is 27.8 Å². The van der Waals surface area contributed by atoms with E-state index >= 15 is 0 Å². The number of rotatable bonds is 4. The van der Waals surface area contributed by atoms with Gasteiger partial charge in [-0.05, 0) is 57.6 Å². The summed E-state index contributed by atoms with van der Waals surface area (Å²) in [5.74, 6) is 0. The van der Waals surface area contributed by atoms with Crippen LogP contribution in [0.3, 0.4) is 0 Å². The third kappa shape index (κ3) is 2.79. The first-order chi connectivity index (χ1) is 17.9. The third-order valence-corrected chi connectivity index (χ3v) is 6.23. The van der Waals surface area contributed by atoms with Crippen LogP contribution in [0.25, 0.3) is 11.1 Å². The van der Waals surface area contributed by atoms with Gasteiger partial charge < -0.3 is 5.32 Å². The number of fused-ring (bicyclic) bond motifs is 3. The van der Waals surface area contributed by atoms with Gasteiger partial charge in [0.1, 0.15) is 0 Å². The summed E-state index contributed by atoms with van der Waals surface area (Å²) in [7, 11) is 0. The van der Waals surface area contributed by atoms with Crippen LogP contribution in [-0.2, 0) is 5.41 Å². The molecule has 0 fully saturated rings. The first-order valence-electron chi connectivity index (χ1n) is 13.1. The van der Waals surface area contributed by atoms with E-state index in [1.54, 1.807) is 0 Å². The fourth-order valence-corrected chi connectivity index (χ4v) is 4.98. The topological polar surface area (TPSA) is 12.0 Å². The van der Waals surface area contributed by atoms with Gasteiger partial charge in [-0.2, -0.15) is 0 Å². The molecule has 1 nitrogen and oxygen atoms in total. The van der Waals surface area contributed by atoms with Gasteiger partial charge in [0.2, 0.25) is 0 Å². The van der Waals surface area contributed by atoms with E-state index in [1.807, 2.05) is 24.3 Å². The van der Waals surface area contributed by atoms with E-state index in [4.69, 9.17) is 6.85 Å². The number of hydrogen-bond acceptors (Lipinski definition) is 1. The zero-order valence-electron chi connectivity index (χ0n) is 22.3. The summed E-state index contributed by atoms with van der Waals surface area (Å²) in [6.07, 6.45) is 0. The Morgan fingerprint density at radius 1 is 0.531 bits per heavy atom. The van der Waals surface area contributed by atoms with Crippen molar-refractivity contribution in [3.05, 3.63) is 156 Å². The molecule has 5 aromatic rings. The van der Waals surface area contributed by atoms with E-state index in [1.165, 1.54) is 5.56 Å². The zero-order chi connectivity index (χ0) is 25.7. The molecule has 1 aliphatic rings. The van der Waals surface area contributed by atoms with Gasteiger partial charge in [0.05, 0.1) is 12.3 Å². The minimum atomic E-state index is -0.577. The van der Waals surface area contributed by atoms with E-state index in [0.29, 0.717) is 5.69 Å². The van der Waals surface area contributed by atoms with Crippen LogP contribution in [0, 0.1) is 0 Å². The summed E-state index contributed by atoms with van der Waals surface area (Å²) in [5.41, 5.74) is 6.92. The molecular formula is C31H23N. The lowest BCUT2D eigenvalue weighted by Crippen LogP contribution is -2.28. The van der Waals surface area contributed by atoms with E-state index in [2.05, 4.69) is 84.2 Å². The summed E-state index contributed by atoms with van der Waals surface area (Å²) in [6.45, 7) is 0. The quantitative estimate of drug-likeness (QED) is 0.310. The predicted molar refractivity (Wildman–Crippen MR) is 133 cm³/mol. The number of nitrogens with one attached hydrogen (secondary N) is 1. The smallest absolute Gasteiger partial charge is 0.0714 e. The minimum absolute atomic E-state index is 0.0616. The van der Waals surface area contributed by atoms with Gasteiger partial charge in [-0.3, -0.25) is 0 Å². The monoisotopic (exact) mass is 414 g/mol. The number of hydrogen-bond donors (Lipinski definition) is 1.